The van der Waals surface area contributed by atoms with Crippen LogP contribution in [0.25, 0.3) is 28.0 Å². The van der Waals surface area contributed by atoms with Crippen LogP contribution >= 0.6 is 0 Å². The molecule has 0 bridgehead atoms. The Hall–Kier alpha value is -4.61. The van der Waals surface area contributed by atoms with Gasteiger partial charge in [-0.3, -0.25) is 14.8 Å². The monoisotopic (exact) mass is 508 g/mol. The molecule has 0 aliphatic carbocycles. The fraction of sp³-hybridized carbons (Fsp3) is 0.222. The number of carbonyl (C=O) groups excluding carboxylic acids is 1. The van der Waals surface area contributed by atoms with E-state index in [4.69, 9.17) is 9.72 Å². The van der Waals surface area contributed by atoms with E-state index in [1.54, 1.807) is 35.4 Å². The summed E-state index contributed by atoms with van der Waals surface area (Å²) in [6.45, 7) is 4.13. The summed E-state index contributed by atoms with van der Waals surface area (Å²) in [5.41, 5.74) is 3.74. The topological polar surface area (TPSA) is 125 Å². The van der Waals surface area contributed by atoms with Gasteiger partial charge in [0.15, 0.2) is 17.6 Å². The van der Waals surface area contributed by atoms with Crippen molar-refractivity contribution < 1.29 is 14.6 Å². The molecule has 0 saturated carbocycles. The van der Waals surface area contributed by atoms with Crippen LogP contribution in [-0.4, -0.2) is 66.8 Å². The van der Waals surface area contributed by atoms with E-state index < -0.39 is 12.0 Å². The first-order valence-electron chi connectivity index (χ1n) is 12.4. The van der Waals surface area contributed by atoms with Crippen molar-refractivity contribution in [3.8, 4) is 16.9 Å². The Labute approximate surface area is 217 Å². The van der Waals surface area contributed by atoms with Crippen LogP contribution in [0.2, 0.25) is 0 Å². The van der Waals surface area contributed by atoms with Gasteiger partial charge >= 0.3 is 0 Å². The molecule has 2 aliphatic rings. The van der Waals surface area contributed by atoms with E-state index in [-0.39, 0.29) is 6.04 Å². The van der Waals surface area contributed by atoms with Gasteiger partial charge in [0.1, 0.15) is 11.6 Å². The van der Waals surface area contributed by atoms with Gasteiger partial charge < -0.3 is 14.7 Å². The van der Waals surface area contributed by atoms with E-state index in [2.05, 4.69) is 38.2 Å². The van der Waals surface area contributed by atoms with Crippen LogP contribution in [-0.2, 0) is 9.53 Å². The first kappa shape index (κ1) is 22.6. The van der Waals surface area contributed by atoms with Crippen LogP contribution in [0.15, 0.2) is 67.1 Å². The highest BCUT2D eigenvalue weighted by atomic mass is 16.5. The summed E-state index contributed by atoms with van der Waals surface area (Å²) in [5, 5.41) is 23.0. The summed E-state index contributed by atoms with van der Waals surface area (Å²) < 4.78 is 7.38. The summed E-state index contributed by atoms with van der Waals surface area (Å²) in [5.74, 6) is 1.52. The molecule has 38 heavy (non-hydrogen) atoms. The van der Waals surface area contributed by atoms with E-state index in [1.165, 1.54) is 4.90 Å². The van der Waals surface area contributed by atoms with Crippen LogP contribution in [0, 0.1) is 0 Å². The Morgan fingerprint density at radius 2 is 2.00 bits per heavy atom. The zero-order valence-corrected chi connectivity index (χ0v) is 20.5. The molecule has 11 nitrogen and oxygen atoms in total. The minimum absolute atomic E-state index is 0.172. The van der Waals surface area contributed by atoms with Crippen molar-refractivity contribution in [1.29, 1.82) is 0 Å². The van der Waals surface area contributed by atoms with Gasteiger partial charge in [-0.25, -0.2) is 9.97 Å². The molecule has 1 fully saturated rings. The largest absolute Gasteiger partial charge is 0.378 e. The zero-order valence-electron chi connectivity index (χ0n) is 20.5. The number of anilines is 3. The minimum Gasteiger partial charge on any atom is -0.378 e. The summed E-state index contributed by atoms with van der Waals surface area (Å²) in [7, 11) is 0. The molecule has 1 saturated heterocycles. The van der Waals surface area contributed by atoms with Crippen molar-refractivity contribution in [2.24, 2.45) is 0 Å². The van der Waals surface area contributed by atoms with Gasteiger partial charge in [0.2, 0.25) is 0 Å². The lowest BCUT2D eigenvalue weighted by molar-refractivity contribution is -0.125. The van der Waals surface area contributed by atoms with Crippen molar-refractivity contribution in [2.75, 3.05) is 29.6 Å². The second kappa shape index (κ2) is 8.75. The number of morpholine rings is 1. The number of H-pyrrole nitrogens is 1. The molecule has 2 N–H and O–H groups in total. The number of hydrogen-bond acceptors (Lipinski definition) is 8. The van der Waals surface area contributed by atoms with Crippen LogP contribution in [0.4, 0.5) is 17.3 Å². The third-order valence-electron chi connectivity index (χ3n) is 7.11. The zero-order chi connectivity index (χ0) is 25.8. The number of carbonyl (C=O) groups is 1. The van der Waals surface area contributed by atoms with Gasteiger partial charge in [0.05, 0.1) is 31.1 Å². The van der Waals surface area contributed by atoms with Crippen molar-refractivity contribution >= 4 is 34.3 Å². The second-order valence-corrected chi connectivity index (χ2v) is 9.41. The minimum atomic E-state index is -1.22. The Morgan fingerprint density at radius 3 is 2.79 bits per heavy atom. The molecule has 2 atom stereocenters. The Bertz CT molecular complexity index is 1650. The number of ether oxygens (including phenoxy) is 1. The molecule has 6 heterocycles. The lowest BCUT2D eigenvalue weighted by Crippen LogP contribution is -2.44. The highest BCUT2D eigenvalue weighted by Crippen LogP contribution is 2.40. The molecule has 0 radical (unpaired) electrons. The normalized spacial score (nSPS) is 19.4. The number of amides is 1. The maximum atomic E-state index is 12.9. The van der Waals surface area contributed by atoms with Crippen molar-refractivity contribution in [3.63, 3.8) is 0 Å². The first-order chi connectivity index (χ1) is 18.6. The lowest BCUT2D eigenvalue weighted by Gasteiger charge is -2.34. The number of aromatic amines is 1. The summed E-state index contributed by atoms with van der Waals surface area (Å²) in [4.78, 5) is 25.9. The average Bonchev–Trinajstić information content (AvgIpc) is 3.68. The number of fused-ring (bicyclic) bond motifs is 2. The smallest absolute Gasteiger partial charge is 0.266 e. The molecule has 0 spiro atoms. The Balaban J connectivity index is 1.34. The number of pyridine rings is 2. The average molecular weight is 509 g/mol. The SMILES string of the molecule is C[C@@H]1COCCN1c1cc(-c2ccc(N3C(=O)C(O)c4cccnc43)cc2)c2cnn(-c3cc[nH]n3)c2n1. The second-order valence-electron chi connectivity index (χ2n) is 9.41. The van der Waals surface area contributed by atoms with Gasteiger partial charge in [-0.2, -0.15) is 14.9 Å². The van der Waals surface area contributed by atoms with Crippen LogP contribution < -0.4 is 9.80 Å². The molecule has 11 heteroatoms. The highest BCUT2D eigenvalue weighted by Gasteiger charge is 2.38. The number of benzene rings is 1. The number of nitrogens with zero attached hydrogens (tertiary/aromatic N) is 7. The summed E-state index contributed by atoms with van der Waals surface area (Å²) >= 11 is 0. The summed E-state index contributed by atoms with van der Waals surface area (Å²) in [6.07, 6.45) is 3.95. The maximum Gasteiger partial charge on any atom is 0.266 e. The number of rotatable bonds is 4. The lowest BCUT2D eigenvalue weighted by atomic mass is 10.0. The van der Waals surface area contributed by atoms with Gasteiger partial charge in [-0.05, 0) is 42.3 Å². The fourth-order valence-corrected chi connectivity index (χ4v) is 5.19. The third kappa shape index (κ3) is 3.47. The molecular formula is C27H24N8O3. The number of nitrogens with one attached hydrogen (secondary N) is 1. The number of aromatic nitrogens is 6. The number of hydrogen-bond donors (Lipinski definition) is 2. The number of aliphatic hydroxyl groups excluding tert-OH is 1. The van der Waals surface area contributed by atoms with E-state index in [0.717, 1.165) is 28.9 Å². The van der Waals surface area contributed by atoms with Crippen molar-refractivity contribution in [1.82, 2.24) is 29.9 Å². The molecule has 1 unspecified atom stereocenters. The Kier molecular flexibility index (Phi) is 5.20. The van der Waals surface area contributed by atoms with Crippen molar-refractivity contribution in [3.05, 3.63) is 72.7 Å². The summed E-state index contributed by atoms with van der Waals surface area (Å²) in [6, 6.07) is 15.2. The van der Waals surface area contributed by atoms with E-state index >= 15 is 0 Å². The van der Waals surface area contributed by atoms with E-state index in [1.807, 2.05) is 30.3 Å². The highest BCUT2D eigenvalue weighted by molar-refractivity contribution is 6.08. The predicted octanol–water partition coefficient (Wildman–Crippen LogP) is 3.14. The molecule has 1 aromatic carbocycles. The molecule has 2 aliphatic heterocycles. The number of aliphatic hydroxyl groups is 1. The van der Waals surface area contributed by atoms with Crippen LogP contribution in [0.3, 0.4) is 0 Å². The van der Waals surface area contributed by atoms with Crippen molar-refractivity contribution in [2.45, 2.75) is 19.1 Å². The van der Waals surface area contributed by atoms with Crippen LogP contribution in [0.5, 0.6) is 0 Å². The molecule has 1 amide bonds. The molecular weight excluding hydrogens is 484 g/mol. The molecule has 190 valence electrons. The van der Waals surface area contributed by atoms with E-state index in [9.17, 15) is 9.90 Å². The molecule has 7 rings (SSSR count). The molecule has 4 aromatic heterocycles. The fourth-order valence-electron chi connectivity index (χ4n) is 5.19. The van der Waals surface area contributed by atoms with Gasteiger partial charge in [-0.15, -0.1) is 0 Å². The first-order valence-corrected chi connectivity index (χ1v) is 12.4. The Morgan fingerprint density at radius 1 is 1.13 bits per heavy atom. The maximum absolute atomic E-state index is 12.9. The predicted molar refractivity (Wildman–Crippen MR) is 140 cm³/mol. The quantitative estimate of drug-likeness (QED) is 0.379. The van der Waals surface area contributed by atoms with Gasteiger partial charge in [0.25, 0.3) is 5.91 Å². The third-order valence-corrected chi connectivity index (χ3v) is 7.11. The molecule has 5 aromatic rings. The standard InChI is InChI=1S/C27H24N8O3/c1-16-15-38-12-11-33(16)23-13-20(21-14-30-35(26(21)31-23)22-8-10-29-32-22)17-4-6-18(7-5-17)34-25-19(3-2-9-28-25)24(36)27(34)37/h2-10,13-14,16,24,36H,11-12,15H2,1H3,(H,29,32)/t16-,24?/m1/s1. The van der Waals surface area contributed by atoms with E-state index in [0.29, 0.717) is 41.7 Å². The van der Waals surface area contributed by atoms with Gasteiger partial charge in [-0.1, -0.05) is 18.2 Å². The van der Waals surface area contributed by atoms with Crippen LogP contribution in [0.1, 0.15) is 18.6 Å². The van der Waals surface area contributed by atoms with Gasteiger partial charge in [0, 0.05) is 36.0 Å².